The highest BCUT2D eigenvalue weighted by Gasteiger charge is 2.05. The fourth-order valence-electron chi connectivity index (χ4n) is 0.629. The molecule has 1 amide bonds. The van der Waals surface area contributed by atoms with Gasteiger partial charge in [-0.05, 0) is 13.0 Å². The number of hydrogen-bond donors (Lipinski definition) is 0. The van der Waals surface area contributed by atoms with E-state index in [2.05, 4.69) is 0 Å². The summed E-state index contributed by atoms with van der Waals surface area (Å²) < 4.78 is 30.6. The van der Waals surface area contributed by atoms with Gasteiger partial charge in [-0.1, -0.05) is 6.08 Å². The zero-order chi connectivity index (χ0) is 10.5. The lowest BCUT2D eigenvalue weighted by molar-refractivity contribution is -0.124. The van der Waals surface area contributed by atoms with Gasteiger partial charge in [-0.2, -0.15) is 0 Å². The SMILES string of the molecule is C/C=C/C(=O)N(C)CCS(=O)(=O)[O-]. The van der Waals surface area contributed by atoms with Crippen molar-refractivity contribution < 1.29 is 17.8 Å². The summed E-state index contributed by atoms with van der Waals surface area (Å²) in [4.78, 5) is 12.2. The predicted octanol–water partition coefficient (Wildman–Crippen LogP) is -0.434. The summed E-state index contributed by atoms with van der Waals surface area (Å²) in [6, 6.07) is 0. The molecule has 0 aliphatic rings. The molecule has 0 aliphatic carbocycles. The first-order valence-electron chi connectivity index (χ1n) is 3.68. The van der Waals surface area contributed by atoms with Crippen LogP contribution < -0.4 is 0 Å². The molecule has 0 N–H and O–H groups in total. The van der Waals surface area contributed by atoms with E-state index >= 15 is 0 Å². The monoisotopic (exact) mass is 206 g/mol. The van der Waals surface area contributed by atoms with Crippen LogP contribution >= 0.6 is 0 Å². The fraction of sp³-hybridized carbons (Fsp3) is 0.571. The van der Waals surface area contributed by atoms with Crippen molar-refractivity contribution in [3.63, 3.8) is 0 Å². The minimum absolute atomic E-state index is 0.0744. The molecule has 0 unspecified atom stereocenters. The first-order valence-corrected chi connectivity index (χ1v) is 5.26. The molecular weight excluding hydrogens is 194 g/mol. The average Bonchev–Trinajstić information content (AvgIpc) is 1.99. The number of nitrogens with zero attached hydrogens (tertiary/aromatic N) is 1. The maximum absolute atomic E-state index is 11.0. The van der Waals surface area contributed by atoms with Gasteiger partial charge in [0.25, 0.3) is 0 Å². The summed E-state index contributed by atoms with van der Waals surface area (Å²) >= 11 is 0. The van der Waals surface area contributed by atoms with Gasteiger partial charge < -0.3 is 9.45 Å². The van der Waals surface area contributed by atoms with E-state index in [4.69, 9.17) is 0 Å². The van der Waals surface area contributed by atoms with Crippen LogP contribution in [0.4, 0.5) is 0 Å². The number of allylic oxidation sites excluding steroid dienone is 1. The molecule has 5 nitrogen and oxygen atoms in total. The van der Waals surface area contributed by atoms with Gasteiger partial charge in [-0.15, -0.1) is 0 Å². The molecule has 6 heteroatoms. The van der Waals surface area contributed by atoms with E-state index in [1.165, 1.54) is 18.0 Å². The molecule has 0 rings (SSSR count). The maximum Gasteiger partial charge on any atom is 0.245 e. The number of amides is 1. The van der Waals surface area contributed by atoms with E-state index in [0.29, 0.717) is 0 Å². The largest absolute Gasteiger partial charge is 0.748 e. The van der Waals surface area contributed by atoms with Crippen molar-refractivity contribution in [3.05, 3.63) is 12.2 Å². The molecule has 0 aliphatic heterocycles. The second-order valence-corrected chi connectivity index (χ2v) is 4.05. The second kappa shape index (κ2) is 4.98. The topological polar surface area (TPSA) is 77.5 Å². The molecule has 0 aromatic rings. The molecule has 0 heterocycles. The first-order chi connectivity index (χ1) is 5.87. The van der Waals surface area contributed by atoms with Crippen LogP contribution in [0.15, 0.2) is 12.2 Å². The van der Waals surface area contributed by atoms with Crippen LogP contribution in [0.5, 0.6) is 0 Å². The quantitative estimate of drug-likeness (QED) is 0.461. The Morgan fingerprint density at radius 3 is 2.46 bits per heavy atom. The predicted molar refractivity (Wildman–Crippen MR) is 47.0 cm³/mol. The summed E-state index contributed by atoms with van der Waals surface area (Å²) in [6.07, 6.45) is 2.85. The summed E-state index contributed by atoms with van der Waals surface area (Å²) in [6.45, 7) is 1.60. The minimum Gasteiger partial charge on any atom is -0.748 e. The van der Waals surface area contributed by atoms with Crippen molar-refractivity contribution in [2.75, 3.05) is 19.3 Å². The molecule has 0 aromatic carbocycles. The van der Waals surface area contributed by atoms with E-state index in [1.807, 2.05) is 0 Å². The van der Waals surface area contributed by atoms with Crippen LogP contribution in [0, 0.1) is 0 Å². The molecule has 0 aromatic heterocycles. The Morgan fingerprint density at radius 2 is 2.08 bits per heavy atom. The molecule has 0 radical (unpaired) electrons. The highest BCUT2D eigenvalue weighted by Crippen LogP contribution is 1.89. The summed E-state index contributed by atoms with van der Waals surface area (Å²) in [5, 5.41) is 0. The van der Waals surface area contributed by atoms with Crippen molar-refractivity contribution in [2.24, 2.45) is 0 Å². The third-order valence-corrected chi connectivity index (χ3v) is 2.04. The molecule has 0 bridgehead atoms. The van der Waals surface area contributed by atoms with Crippen molar-refractivity contribution in [1.82, 2.24) is 4.90 Å². The van der Waals surface area contributed by atoms with Crippen LogP contribution in [-0.2, 0) is 14.9 Å². The van der Waals surface area contributed by atoms with Crippen molar-refractivity contribution in [3.8, 4) is 0 Å². The van der Waals surface area contributed by atoms with Gasteiger partial charge >= 0.3 is 0 Å². The summed E-state index contributed by atoms with van der Waals surface area (Å²) in [5.74, 6) is -0.863. The number of rotatable bonds is 4. The molecular formula is C7H12NO4S-. The van der Waals surface area contributed by atoms with Crippen molar-refractivity contribution in [2.45, 2.75) is 6.92 Å². The highest BCUT2D eigenvalue weighted by molar-refractivity contribution is 7.85. The number of carbonyl (C=O) groups is 1. The summed E-state index contributed by atoms with van der Waals surface area (Å²) in [5.41, 5.74) is 0. The lowest BCUT2D eigenvalue weighted by atomic mass is 10.4. The van der Waals surface area contributed by atoms with Gasteiger partial charge in [-0.25, -0.2) is 8.42 Å². The molecule has 0 spiro atoms. The van der Waals surface area contributed by atoms with Gasteiger partial charge in [0, 0.05) is 13.6 Å². The Kier molecular flexibility index (Phi) is 4.64. The van der Waals surface area contributed by atoms with E-state index in [0.717, 1.165) is 0 Å². The lowest BCUT2D eigenvalue weighted by Gasteiger charge is -2.16. The van der Waals surface area contributed by atoms with Crippen molar-refractivity contribution in [1.29, 1.82) is 0 Å². The first kappa shape index (κ1) is 12.1. The van der Waals surface area contributed by atoms with Crippen LogP contribution in [0.25, 0.3) is 0 Å². The molecule has 0 fully saturated rings. The zero-order valence-corrected chi connectivity index (χ0v) is 8.37. The minimum atomic E-state index is -4.24. The Labute approximate surface area is 77.8 Å². The van der Waals surface area contributed by atoms with E-state index in [1.54, 1.807) is 13.0 Å². The van der Waals surface area contributed by atoms with E-state index in [9.17, 15) is 17.8 Å². The van der Waals surface area contributed by atoms with Gasteiger partial charge in [0.1, 0.15) is 0 Å². The maximum atomic E-state index is 11.0. The number of hydrogen-bond acceptors (Lipinski definition) is 4. The zero-order valence-electron chi connectivity index (χ0n) is 7.56. The lowest BCUT2D eigenvalue weighted by Crippen LogP contribution is -2.30. The number of likely N-dealkylation sites (N-methyl/N-ethyl adjacent to an activating group) is 1. The molecule has 76 valence electrons. The fourth-order valence-corrected chi connectivity index (χ4v) is 1.13. The smallest absolute Gasteiger partial charge is 0.245 e. The van der Waals surface area contributed by atoms with Gasteiger partial charge in [0.05, 0.1) is 15.9 Å². The normalized spacial score (nSPS) is 11.9. The molecule has 0 saturated carbocycles. The Balaban J connectivity index is 4.02. The molecule has 0 saturated heterocycles. The van der Waals surface area contributed by atoms with Gasteiger partial charge in [-0.3, -0.25) is 4.79 Å². The third-order valence-electron chi connectivity index (χ3n) is 1.36. The van der Waals surface area contributed by atoms with Crippen LogP contribution in [0.1, 0.15) is 6.92 Å². The van der Waals surface area contributed by atoms with E-state index < -0.39 is 15.9 Å². The second-order valence-electron chi connectivity index (χ2n) is 2.52. The van der Waals surface area contributed by atoms with Gasteiger partial charge in [0.15, 0.2) is 0 Å². The molecule has 13 heavy (non-hydrogen) atoms. The Morgan fingerprint density at radius 1 is 1.54 bits per heavy atom. The van der Waals surface area contributed by atoms with Gasteiger partial charge in [0.2, 0.25) is 5.91 Å². The Hall–Kier alpha value is -0.880. The van der Waals surface area contributed by atoms with Crippen LogP contribution in [0.3, 0.4) is 0 Å². The third kappa shape index (κ3) is 6.30. The standard InChI is InChI=1S/C7H13NO4S/c1-3-4-7(9)8(2)5-6-13(10,11)12/h3-4H,5-6H2,1-2H3,(H,10,11,12)/p-1/b4-3+. The Bertz CT molecular complexity index is 294. The number of carbonyl (C=O) groups excluding carboxylic acids is 1. The molecule has 0 atom stereocenters. The highest BCUT2D eigenvalue weighted by atomic mass is 32.2. The summed E-state index contributed by atoms with van der Waals surface area (Å²) in [7, 11) is -2.80. The average molecular weight is 206 g/mol. The van der Waals surface area contributed by atoms with Crippen LogP contribution in [0.2, 0.25) is 0 Å². The van der Waals surface area contributed by atoms with Crippen LogP contribution in [-0.4, -0.2) is 43.1 Å². The van der Waals surface area contributed by atoms with E-state index in [-0.39, 0.29) is 12.5 Å². The van der Waals surface area contributed by atoms with Crippen molar-refractivity contribution >= 4 is 16.0 Å².